The SMILES string of the molecule is CC1CC(Oc2nn(C)c3cc(Nc4n[nH]c5cccnc45)ccc23)CCO1. The molecular formula is C20H22N6O2. The first kappa shape index (κ1) is 17.0. The topological polar surface area (TPSA) is 89.9 Å². The largest absolute Gasteiger partial charge is 0.473 e. The van der Waals surface area contributed by atoms with Gasteiger partial charge in [0.25, 0.3) is 0 Å². The summed E-state index contributed by atoms with van der Waals surface area (Å²) in [6.07, 6.45) is 3.90. The van der Waals surface area contributed by atoms with E-state index >= 15 is 0 Å². The average Bonchev–Trinajstić information content (AvgIpc) is 3.23. The van der Waals surface area contributed by atoms with E-state index in [0.717, 1.165) is 47.1 Å². The number of nitrogens with one attached hydrogen (secondary N) is 2. The van der Waals surface area contributed by atoms with Crippen LogP contribution in [0.25, 0.3) is 21.9 Å². The van der Waals surface area contributed by atoms with Gasteiger partial charge in [0.2, 0.25) is 5.88 Å². The maximum Gasteiger partial charge on any atom is 0.241 e. The number of hydrogen-bond acceptors (Lipinski definition) is 6. The van der Waals surface area contributed by atoms with Crippen LogP contribution in [0.5, 0.6) is 5.88 Å². The van der Waals surface area contributed by atoms with Gasteiger partial charge in [0.05, 0.1) is 29.1 Å². The lowest BCUT2D eigenvalue weighted by atomic mass is 10.1. The predicted octanol–water partition coefficient (Wildman–Crippen LogP) is 3.53. The van der Waals surface area contributed by atoms with Gasteiger partial charge in [-0.2, -0.15) is 5.10 Å². The molecule has 0 amide bonds. The van der Waals surface area contributed by atoms with Crippen LogP contribution in [0, 0.1) is 0 Å². The molecule has 0 radical (unpaired) electrons. The molecule has 3 aromatic heterocycles. The van der Waals surface area contributed by atoms with Crippen LogP contribution in [-0.4, -0.2) is 43.8 Å². The first-order valence-corrected chi connectivity index (χ1v) is 9.48. The molecule has 144 valence electrons. The monoisotopic (exact) mass is 378 g/mol. The van der Waals surface area contributed by atoms with Gasteiger partial charge in [-0.1, -0.05) is 0 Å². The fourth-order valence-corrected chi connectivity index (χ4v) is 3.69. The molecule has 1 aliphatic rings. The fourth-order valence-electron chi connectivity index (χ4n) is 3.69. The summed E-state index contributed by atoms with van der Waals surface area (Å²) >= 11 is 0. The van der Waals surface area contributed by atoms with Crippen LogP contribution in [0.1, 0.15) is 19.8 Å². The van der Waals surface area contributed by atoms with Gasteiger partial charge in [0, 0.05) is 31.8 Å². The van der Waals surface area contributed by atoms with Crippen molar-refractivity contribution in [2.24, 2.45) is 7.05 Å². The summed E-state index contributed by atoms with van der Waals surface area (Å²) in [5.74, 6) is 1.37. The smallest absolute Gasteiger partial charge is 0.241 e. The van der Waals surface area contributed by atoms with E-state index in [0.29, 0.717) is 11.7 Å². The average molecular weight is 378 g/mol. The highest BCUT2D eigenvalue weighted by Gasteiger charge is 2.23. The van der Waals surface area contributed by atoms with E-state index in [1.165, 1.54) is 0 Å². The Bertz CT molecular complexity index is 1130. The van der Waals surface area contributed by atoms with Crippen molar-refractivity contribution in [3.63, 3.8) is 0 Å². The van der Waals surface area contributed by atoms with Crippen LogP contribution < -0.4 is 10.1 Å². The Morgan fingerprint density at radius 3 is 3.14 bits per heavy atom. The summed E-state index contributed by atoms with van der Waals surface area (Å²) in [6.45, 7) is 2.81. The van der Waals surface area contributed by atoms with Gasteiger partial charge in [0.1, 0.15) is 11.6 Å². The number of H-pyrrole nitrogens is 1. The van der Waals surface area contributed by atoms with Gasteiger partial charge in [0.15, 0.2) is 5.82 Å². The van der Waals surface area contributed by atoms with E-state index in [1.54, 1.807) is 6.20 Å². The Balaban J connectivity index is 1.42. The first-order chi connectivity index (χ1) is 13.7. The minimum Gasteiger partial charge on any atom is -0.473 e. The van der Waals surface area contributed by atoms with Gasteiger partial charge < -0.3 is 14.8 Å². The predicted molar refractivity (Wildman–Crippen MR) is 107 cm³/mol. The van der Waals surface area contributed by atoms with E-state index in [2.05, 4.69) is 32.5 Å². The molecule has 2 N–H and O–H groups in total. The van der Waals surface area contributed by atoms with Gasteiger partial charge in [-0.3, -0.25) is 14.8 Å². The summed E-state index contributed by atoms with van der Waals surface area (Å²) in [6, 6.07) is 9.92. The molecule has 1 aliphatic heterocycles. The Labute approximate surface area is 161 Å². The summed E-state index contributed by atoms with van der Waals surface area (Å²) in [5.41, 5.74) is 3.62. The third-order valence-electron chi connectivity index (χ3n) is 5.12. The third-order valence-corrected chi connectivity index (χ3v) is 5.12. The minimum absolute atomic E-state index is 0.140. The maximum atomic E-state index is 6.20. The maximum absolute atomic E-state index is 6.20. The summed E-state index contributed by atoms with van der Waals surface area (Å²) in [4.78, 5) is 4.39. The molecule has 0 saturated carbocycles. The molecular weight excluding hydrogens is 356 g/mol. The van der Waals surface area contributed by atoms with E-state index in [9.17, 15) is 0 Å². The number of pyridine rings is 1. The molecule has 1 aromatic carbocycles. The Kier molecular flexibility index (Phi) is 4.12. The van der Waals surface area contributed by atoms with Gasteiger partial charge in [-0.05, 0) is 37.3 Å². The molecule has 28 heavy (non-hydrogen) atoms. The molecule has 0 spiro atoms. The van der Waals surface area contributed by atoms with Crippen molar-refractivity contribution in [1.29, 1.82) is 0 Å². The molecule has 8 heteroatoms. The highest BCUT2D eigenvalue weighted by molar-refractivity contribution is 5.91. The molecule has 2 unspecified atom stereocenters. The summed E-state index contributed by atoms with van der Waals surface area (Å²) < 4.78 is 13.7. The number of nitrogens with zero attached hydrogens (tertiary/aromatic N) is 4. The van der Waals surface area contributed by atoms with E-state index in [-0.39, 0.29) is 12.2 Å². The quantitative estimate of drug-likeness (QED) is 0.565. The second-order valence-corrected chi connectivity index (χ2v) is 7.20. The Hall–Kier alpha value is -3.13. The number of hydrogen-bond donors (Lipinski definition) is 2. The molecule has 1 fully saturated rings. The lowest BCUT2D eigenvalue weighted by molar-refractivity contribution is -0.0261. The molecule has 5 rings (SSSR count). The molecule has 2 atom stereocenters. The summed E-state index contributed by atoms with van der Waals surface area (Å²) in [5, 5.41) is 16.2. The van der Waals surface area contributed by atoms with Crippen LogP contribution in [0.2, 0.25) is 0 Å². The van der Waals surface area contributed by atoms with Gasteiger partial charge in [-0.15, -0.1) is 5.10 Å². The lowest BCUT2D eigenvalue weighted by Gasteiger charge is -2.27. The summed E-state index contributed by atoms with van der Waals surface area (Å²) in [7, 11) is 1.93. The standard InChI is InChI=1S/C20H22N6O2/c1-12-10-14(7-9-27-12)28-20-15-6-5-13(11-17(15)26(2)25-20)22-19-18-16(23-24-19)4-3-8-21-18/h3-6,8,11-12,14H,7,9-10H2,1-2H3,(H2,22,23,24). The van der Waals surface area contributed by atoms with Crippen molar-refractivity contribution in [1.82, 2.24) is 25.0 Å². The first-order valence-electron chi connectivity index (χ1n) is 9.48. The number of aryl methyl sites for hydroxylation is 1. The highest BCUT2D eigenvalue weighted by Crippen LogP contribution is 2.31. The number of ether oxygens (including phenoxy) is 2. The van der Waals surface area contributed by atoms with Crippen molar-refractivity contribution in [3.05, 3.63) is 36.5 Å². The fraction of sp³-hybridized carbons (Fsp3) is 0.350. The van der Waals surface area contributed by atoms with Gasteiger partial charge in [-0.25, -0.2) is 0 Å². The lowest BCUT2D eigenvalue weighted by Crippen LogP contribution is -2.31. The second-order valence-electron chi connectivity index (χ2n) is 7.20. The highest BCUT2D eigenvalue weighted by atomic mass is 16.5. The molecule has 1 saturated heterocycles. The van der Waals surface area contributed by atoms with E-state index in [4.69, 9.17) is 9.47 Å². The molecule has 0 aliphatic carbocycles. The van der Waals surface area contributed by atoms with Crippen LogP contribution in [0.15, 0.2) is 36.5 Å². The Morgan fingerprint density at radius 2 is 2.25 bits per heavy atom. The zero-order chi connectivity index (χ0) is 19.1. The zero-order valence-corrected chi connectivity index (χ0v) is 15.8. The van der Waals surface area contributed by atoms with Crippen molar-refractivity contribution < 1.29 is 9.47 Å². The number of fused-ring (bicyclic) bond motifs is 2. The van der Waals surface area contributed by atoms with Crippen molar-refractivity contribution >= 4 is 33.4 Å². The number of aromatic nitrogens is 5. The van der Waals surface area contributed by atoms with Crippen molar-refractivity contribution in [2.75, 3.05) is 11.9 Å². The van der Waals surface area contributed by atoms with E-state index in [1.807, 2.05) is 42.1 Å². The number of benzene rings is 1. The zero-order valence-electron chi connectivity index (χ0n) is 15.8. The minimum atomic E-state index is 0.140. The van der Waals surface area contributed by atoms with Crippen LogP contribution in [0.3, 0.4) is 0 Å². The van der Waals surface area contributed by atoms with Crippen molar-refractivity contribution in [3.8, 4) is 5.88 Å². The van der Waals surface area contributed by atoms with Crippen LogP contribution >= 0.6 is 0 Å². The van der Waals surface area contributed by atoms with E-state index < -0.39 is 0 Å². The number of aromatic amines is 1. The number of rotatable bonds is 4. The van der Waals surface area contributed by atoms with Crippen molar-refractivity contribution in [2.45, 2.75) is 32.0 Å². The van der Waals surface area contributed by atoms with Crippen LogP contribution in [-0.2, 0) is 11.8 Å². The molecule has 4 heterocycles. The van der Waals surface area contributed by atoms with Crippen LogP contribution in [0.4, 0.5) is 11.5 Å². The molecule has 8 nitrogen and oxygen atoms in total. The molecule has 4 aromatic rings. The van der Waals surface area contributed by atoms with Gasteiger partial charge >= 0.3 is 0 Å². The third kappa shape index (κ3) is 3.05. The molecule has 0 bridgehead atoms. The number of anilines is 2. The second kappa shape index (κ2) is 6.79. The normalized spacial score (nSPS) is 19.9. The Morgan fingerprint density at radius 1 is 1.32 bits per heavy atom.